The van der Waals surface area contributed by atoms with Crippen LogP contribution in [0.2, 0.25) is 0 Å². The molecule has 0 heterocycles. The third kappa shape index (κ3) is 4.77. The van der Waals surface area contributed by atoms with E-state index < -0.39 is 6.10 Å². The fraction of sp³-hybridized carbons (Fsp3) is 0.429. The topological polar surface area (TPSA) is 58.9 Å². The van der Waals surface area contributed by atoms with Crippen LogP contribution in [-0.2, 0) is 11.3 Å². The molecule has 1 unspecified atom stereocenters. The van der Waals surface area contributed by atoms with E-state index in [1.165, 1.54) is 0 Å². The van der Waals surface area contributed by atoms with Crippen LogP contribution >= 0.6 is 0 Å². The maximum absolute atomic E-state index is 9.28. The standard InChI is InChI=1S/C14H20O4/c1-10(2)17-8-12-5-4-11(3)6-14(12)18-9-13(16)7-15/h4-6,13,15-16H,1,7-9H2,2-3H3. The second kappa shape index (κ2) is 7.03. The highest BCUT2D eigenvalue weighted by Gasteiger charge is 2.08. The summed E-state index contributed by atoms with van der Waals surface area (Å²) >= 11 is 0. The van der Waals surface area contributed by atoms with Gasteiger partial charge in [0.2, 0.25) is 0 Å². The van der Waals surface area contributed by atoms with Crippen LogP contribution in [0.15, 0.2) is 30.5 Å². The predicted octanol–water partition coefficient (Wildman–Crippen LogP) is 1.78. The molecule has 0 radical (unpaired) electrons. The lowest BCUT2D eigenvalue weighted by molar-refractivity contribution is 0.0526. The molecule has 0 bridgehead atoms. The fourth-order valence-corrected chi connectivity index (χ4v) is 1.35. The van der Waals surface area contributed by atoms with Crippen molar-refractivity contribution in [3.63, 3.8) is 0 Å². The summed E-state index contributed by atoms with van der Waals surface area (Å²) in [5.74, 6) is 1.29. The Morgan fingerprint density at radius 3 is 2.78 bits per heavy atom. The maximum Gasteiger partial charge on any atom is 0.126 e. The summed E-state index contributed by atoms with van der Waals surface area (Å²) in [6.07, 6.45) is -0.875. The van der Waals surface area contributed by atoms with Gasteiger partial charge in [-0.25, -0.2) is 0 Å². The van der Waals surface area contributed by atoms with E-state index in [2.05, 4.69) is 6.58 Å². The monoisotopic (exact) mass is 252 g/mol. The summed E-state index contributed by atoms with van der Waals surface area (Å²) in [5.41, 5.74) is 1.94. The van der Waals surface area contributed by atoms with Crippen molar-refractivity contribution in [3.8, 4) is 5.75 Å². The molecule has 0 amide bonds. The smallest absolute Gasteiger partial charge is 0.126 e. The van der Waals surface area contributed by atoms with Crippen LogP contribution in [0.25, 0.3) is 0 Å². The molecule has 0 saturated carbocycles. The summed E-state index contributed by atoms with van der Waals surface area (Å²) in [7, 11) is 0. The number of aliphatic hydroxyl groups excluding tert-OH is 2. The van der Waals surface area contributed by atoms with Crippen LogP contribution in [0, 0.1) is 6.92 Å². The summed E-state index contributed by atoms with van der Waals surface area (Å²) in [4.78, 5) is 0. The molecule has 1 aromatic rings. The third-order valence-electron chi connectivity index (χ3n) is 2.34. The minimum Gasteiger partial charge on any atom is -0.494 e. The van der Waals surface area contributed by atoms with Gasteiger partial charge in [-0.15, -0.1) is 0 Å². The van der Waals surface area contributed by atoms with Crippen molar-refractivity contribution in [2.24, 2.45) is 0 Å². The Morgan fingerprint density at radius 2 is 2.17 bits per heavy atom. The molecule has 1 atom stereocenters. The number of aliphatic hydroxyl groups is 2. The number of hydrogen-bond donors (Lipinski definition) is 2. The van der Waals surface area contributed by atoms with Gasteiger partial charge in [-0.1, -0.05) is 18.7 Å². The molecule has 1 aromatic carbocycles. The Labute approximate surface area is 107 Å². The number of benzene rings is 1. The minimum absolute atomic E-state index is 0.0556. The van der Waals surface area contributed by atoms with Gasteiger partial charge >= 0.3 is 0 Å². The molecule has 4 nitrogen and oxygen atoms in total. The quantitative estimate of drug-likeness (QED) is 0.726. The molecule has 0 fully saturated rings. The average Bonchev–Trinajstić information content (AvgIpc) is 2.34. The first-order valence-electron chi connectivity index (χ1n) is 5.82. The first-order valence-corrected chi connectivity index (χ1v) is 5.82. The van der Waals surface area contributed by atoms with Crippen molar-refractivity contribution < 1.29 is 19.7 Å². The van der Waals surface area contributed by atoms with Crippen molar-refractivity contribution in [1.29, 1.82) is 0 Å². The van der Waals surface area contributed by atoms with Crippen LogP contribution in [0.1, 0.15) is 18.1 Å². The zero-order valence-electron chi connectivity index (χ0n) is 10.8. The normalized spacial score (nSPS) is 12.0. The molecular formula is C14H20O4. The van der Waals surface area contributed by atoms with E-state index in [0.29, 0.717) is 18.1 Å². The zero-order valence-corrected chi connectivity index (χ0v) is 10.8. The lowest BCUT2D eigenvalue weighted by atomic mass is 10.1. The van der Waals surface area contributed by atoms with Gasteiger partial charge in [-0.05, 0) is 25.5 Å². The van der Waals surface area contributed by atoms with Crippen LogP contribution in [-0.4, -0.2) is 29.5 Å². The van der Waals surface area contributed by atoms with Gasteiger partial charge in [0, 0.05) is 5.56 Å². The van der Waals surface area contributed by atoms with Gasteiger partial charge in [-0.3, -0.25) is 0 Å². The van der Waals surface area contributed by atoms with E-state index in [1.54, 1.807) is 6.92 Å². The lowest BCUT2D eigenvalue weighted by Gasteiger charge is -2.15. The van der Waals surface area contributed by atoms with Crippen LogP contribution in [0.5, 0.6) is 5.75 Å². The van der Waals surface area contributed by atoms with Gasteiger partial charge < -0.3 is 19.7 Å². The van der Waals surface area contributed by atoms with E-state index in [4.69, 9.17) is 14.6 Å². The number of ether oxygens (including phenoxy) is 2. The molecule has 1 rings (SSSR count). The average molecular weight is 252 g/mol. The molecule has 0 aliphatic carbocycles. The summed E-state index contributed by atoms with van der Waals surface area (Å²) in [6.45, 7) is 7.52. The SMILES string of the molecule is C=C(C)OCc1ccc(C)cc1OCC(O)CO. The summed E-state index contributed by atoms with van der Waals surface area (Å²) < 4.78 is 10.8. The van der Waals surface area contributed by atoms with Gasteiger partial charge in [0.05, 0.1) is 12.4 Å². The molecule has 18 heavy (non-hydrogen) atoms. The largest absolute Gasteiger partial charge is 0.494 e. The number of aryl methyl sites for hydroxylation is 1. The lowest BCUT2D eigenvalue weighted by Crippen LogP contribution is -2.21. The van der Waals surface area contributed by atoms with Crippen molar-refractivity contribution >= 4 is 0 Å². The predicted molar refractivity (Wildman–Crippen MR) is 69.4 cm³/mol. The third-order valence-corrected chi connectivity index (χ3v) is 2.34. The number of hydrogen-bond acceptors (Lipinski definition) is 4. The molecule has 0 saturated heterocycles. The Kier molecular flexibility index (Phi) is 5.68. The molecule has 0 spiro atoms. The highest BCUT2D eigenvalue weighted by molar-refractivity contribution is 5.36. The minimum atomic E-state index is -0.875. The van der Waals surface area contributed by atoms with E-state index in [1.807, 2.05) is 25.1 Å². The Hall–Kier alpha value is -1.52. The van der Waals surface area contributed by atoms with Crippen LogP contribution in [0.3, 0.4) is 0 Å². The van der Waals surface area contributed by atoms with Crippen LogP contribution in [0.4, 0.5) is 0 Å². The fourth-order valence-electron chi connectivity index (χ4n) is 1.35. The Balaban J connectivity index is 2.73. The summed E-state index contributed by atoms with van der Waals surface area (Å²) in [6, 6.07) is 5.76. The van der Waals surface area contributed by atoms with Gasteiger partial charge in [0.1, 0.15) is 25.1 Å². The molecule has 0 aliphatic rings. The first kappa shape index (κ1) is 14.5. The van der Waals surface area contributed by atoms with Gasteiger partial charge in [-0.2, -0.15) is 0 Å². The van der Waals surface area contributed by atoms with E-state index in [0.717, 1.165) is 11.1 Å². The second-order valence-corrected chi connectivity index (χ2v) is 4.25. The molecule has 4 heteroatoms. The maximum atomic E-state index is 9.28. The number of rotatable bonds is 7. The highest BCUT2D eigenvalue weighted by Crippen LogP contribution is 2.22. The van der Waals surface area contributed by atoms with Crippen molar-refractivity contribution in [3.05, 3.63) is 41.7 Å². The number of allylic oxidation sites excluding steroid dienone is 1. The highest BCUT2D eigenvalue weighted by atomic mass is 16.5. The summed E-state index contributed by atoms with van der Waals surface area (Å²) in [5, 5.41) is 18.0. The first-order chi connectivity index (χ1) is 8.52. The van der Waals surface area contributed by atoms with Gasteiger partial charge in [0.25, 0.3) is 0 Å². The molecule has 0 aliphatic heterocycles. The van der Waals surface area contributed by atoms with Crippen molar-refractivity contribution in [2.45, 2.75) is 26.6 Å². The Bertz CT molecular complexity index is 401. The van der Waals surface area contributed by atoms with Crippen LogP contribution < -0.4 is 4.74 Å². The van der Waals surface area contributed by atoms with Crippen molar-refractivity contribution in [1.82, 2.24) is 0 Å². The molecular weight excluding hydrogens is 232 g/mol. The molecule has 2 N–H and O–H groups in total. The van der Waals surface area contributed by atoms with E-state index in [-0.39, 0.29) is 13.2 Å². The zero-order chi connectivity index (χ0) is 13.5. The molecule has 0 aromatic heterocycles. The van der Waals surface area contributed by atoms with Gasteiger partial charge in [0.15, 0.2) is 0 Å². The van der Waals surface area contributed by atoms with Crippen molar-refractivity contribution in [2.75, 3.05) is 13.2 Å². The second-order valence-electron chi connectivity index (χ2n) is 4.25. The molecule has 100 valence electrons. The van der Waals surface area contributed by atoms with E-state index >= 15 is 0 Å². The Morgan fingerprint density at radius 1 is 1.44 bits per heavy atom. The van der Waals surface area contributed by atoms with E-state index in [9.17, 15) is 5.11 Å².